The van der Waals surface area contributed by atoms with Crippen molar-refractivity contribution in [1.29, 1.82) is 0 Å². The van der Waals surface area contributed by atoms with E-state index in [0.29, 0.717) is 0 Å². The molecule has 0 bridgehead atoms. The minimum absolute atomic E-state index is 0.0380. The molecule has 0 aliphatic carbocycles. The lowest BCUT2D eigenvalue weighted by Crippen LogP contribution is -2.37. The monoisotopic (exact) mass is 324 g/mol. The van der Waals surface area contributed by atoms with Gasteiger partial charge in [-0.3, -0.25) is 18.9 Å². The van der Waals surface area contributed by atoms with Gasteiger partial charge in [0.25, 0.3) is 0 Å². The molecule has 21 heavy (non-hydrogen) atoms. The second-order valence-electron chi connectivity index (χ2n) is 4.85. The van der Waals surface area contributed by atoms with Crippen LogP contribution in [-0.4, -0.2) is 57.4 Å². The normalized spacial score (nSPS) is 16.5. The first kappa shape index (κ1) is 19.6. The van der Waals surface area contributed by atoms with Crippen molar-refractivity contribution in [2.45, 2.75) is 38.3 Å². The Labute approximate surface area is 122 Å². The van der Waals surface area contributed by atoms with Gasteiger partial charge in [0, 0.05) is 24.8 Å². The standard InChI is InChI=1S/C11H21N2O7P/c1-7(6-21(19,20)5-4-10(15)16)13-9(14)3-2-8(12)11(17)18/h7-8H,2-6,12H2,1H3,(H,13,14)(H,15,16)(H,17,18)(H,19,20)/t7-,8-/m0/s1. The van der Waals surface area contributed by atoms with Crippen LogP contribution in [0.4, 0.5) is 0 Å². The largest absolute Gasteiger partial charge is 0.481 e. The Kier molecular flexibility index (Phi) is 8.16. The third kappa shape index (κ3) is 10.0. The highest BCUT2D eigenvalue weighted by molar-refractivity contribution is 7.58. The lowest BCUT2D eigenvalue weighted by molar-refractivity contribution is -0.139. The minimum Gasteiger partial charge on any atom is -0.481 e. The van der Waals surface area contributed by atoms with Crippen LogP contribution in [0.15, 0.2) is 0 Å². The summed E-state index contributed by atoms with van der Waals surface area (Å²) in [5.41, 5.74) is 5.25. The zero-order chi connectivity index (χ0) is 16.6. The molecule has 0 rings (SSSR count). The summed E-state index contributed by atoms with van der Waals surface area (Å²) < 4.78 is 11.7. The number of aliphatic carboxylic acids is 2. The third-order valence-corrected chi connectivity index (χ3v) is 4.68. The molecule has 10 heteroatoms. The van der Waals surface area contributed by atoms with E-state index in [0.717, 1.165) is 0 Å². The molecule has 6 N–H and O–H groups in total. The second-order valence-corrected chi connectivity index (χ2v) is 7.35. The SMILES string of the molecule is C[C@@H](CP(=O)(O)CCC(=O)O)NC(=O)CC[C@H](N)C(=O)O. The van der Waals surface area contributed by atoms with Crippen molar-refractivity contribution in [1.82, 2.24) is 5.32 Å². The zero-order valence-corrected chi connectivity index (χ0v) is 12.6. The Morgan fingerprint density at radius 2 is 1.81 bits per heavy atom. The van der Waals surface area contributed by atoms with Crippen LogP contribution in [0, 0.1) is 0 Å². The molecular formula is C11H21N2O7P. The fourth-order valence-corrected chi connectivity index (χ4v) is 3.26. The van der Waals surface area contributed by atoms with Crippen LogP contribution in [-0.2, 0) is 18.9 Å². The highest BCUT2D eigenvalue weighted by atomic mass is 31.2. The van der Waals surface area contributed by atoms with Crippen LogP contribution in [0.3, 0.4) is 0 Å². The average molecular weight is 324 g/mol. The van der Waals surface area contributed by atoms with Crippen LogP contribution in [0.25, 0.3) is 0 Å². The maximum absolute atomic E-state index is 11.7. The van der Waals surface area contributed by atoms with E-state index >= 15 is 0 Å². The fraction of sp³-hybridized carbons (Fsp3) is 0.727. The Balaban J connectivity index is 4.15. The van der Waals surface area contributed by atoms with Gasteiger partial charge in [-0.1, -0.05) is 0 Å². The summed E-state index contributed by atoms with van der Waals surface area (Å²) >= 11 is 0. The van der Waals surface area contributed by atoms with Crippen LogP contribution < -0.4 is 11.1 Å². The lowest BCUT2D eigenvalue weighted by Gasteiger charge is -2.18. The maximum Gasteiger partial charge on any atom is 0.320 e. The van der Waals surface area contributed by atoms with Gasteiger partial charge in [-0.25, -0.2) is 0 Å². The molecule has 0 saturated carbocycles. The average Bonchev–Trinajstić information content (AvgIpc) is 2.32. The number of rotatable bonds is 10. The van der Waals surface area contributed by atoms with Gasteiger partial charge in [-0.2, -0.15) is 0 Å². The Morgan fingerprint density at radius 1 is 1.24 bits per heavy atom. The summed E-state index contributed by atoms with van der Waals surface area (Å²) in [6, 6.07) is -1.76. The number of nitrogens with one attached hydrogen (secondary N) is 1. The second kappa shape index (κ2) is 8.76. The fourth-order valence-electron chi connectivity index (χ4n) is 1.59. The van der Waals surface area contributed by atoms with Crippen molar-refractivity contribution < 1.29 is 34.1 Å². The van der Waals surface area contributed by atoms with E-state index in [1.54, 1.807) is 0 Å². The number of carbonyl (C=O) groups excluding carboxylic acids is 1. The van der Waals surface area contributed by atoms with Crippen molar-refractivity contribution in [3.05, 3.63) is 0 Å². The number of carbonyl (C=O) groups is 3. The van der Waals surface area contributed by atoms with E-state index in [-0.39, 0.29) is 25.2 Å². The van der Waals surface area contributed by atoms with E-state index in [1.807, 2.05) is 0 Å². The van der Waals surface area contributed by atoms with Crippen LogP contribution >= 0.6 is 7.37 Å². The number of amides is 1. The lowest BCUT2D eigenvalue weighted by atomic mass is 10.1. The van der Waals surface area contributed by atoms with Gasteiger partial charge in [0.2, 0.25) is 13.3 Å². The quantitative estimate of drug-likeness (QED) is 0.333. The topological polar surface area (TPSA) is 167 Å². The summed E-state index contributed by atoms with van der Waals surface area (Å²) in [5, 5.41) is 19.5. The van der Waals surface area contributed by atoms with E-state index in [1.165, 1.54) is 6.92 Å². The van der Waals surface area contributed by atoms with Gasteiger partial charge in [-0.15, -0.1) is 0 Å². The molecule has 0 aromatic heterocycles. The van der Waals surface area contributed by atoms with Gasteiger partial charge < -0.3 is 26.2 Å². The molecule has 122 valence electrons. The highest BCUT2D eigenvalue weighted by Gasteiger charge is 2.24. The Hall–Kier alpha value is -1.44. The third-order valence-electron chi connectivity index (χ3n) is 2.64. The van der Waals surface area contributed by atoms with E-state index in [9.17, 15) is 23.8 Å². The molecule has 1 amide bonds. The highest BCUT2D eigenvalue weighted by Crippen LogP contribution is 2.41. The molecule has 0 fully saturated rings. The zero-order valence-electron chi connectivity index (χ0n) is 11.7. The van der Waals surface area contributed by atoms with E-state index in [2.05, 4.69) is 5.32 Å². The molecule has 0 aromatic rings. The molecule has 0 saturated heterocycles. The minimum atomic E-state index is -3.63. The molecule has 0 aliphatic rings. The number of nitrogens with two attached hydrogens (primary N) is 1. The predicted molar refractivity (Wildman–Crippen MR) is 74.3 cm³/mol. The summed E-state index contributed by atoms with van der Waals surface area (Å²) in [6.45, 7) is 1.51. The Morgan fingerprint density at radius 3 is 2.29 bits per heavy atom. The van der Waals surface area contributed by atoms with Crippen molar-refractivity contribution in [2.75, 3.05) is 12.3 Å². The van der Waals surface area contributed by atoms with Gasteiger partial charge in [-0.05, 0) is 13.3 Å². The van der Waals surface area contributed by atoms with Crippen LogP contribution in [0.1, 0.15) is 26.2 Å². The molecule has 0 aromatic carbocycles. The molecule has 3 atom stereocenters. The number of hydrogen-bond donors (Lipinski definition) is 5. The molecule has 1 unspecified atom stereocenters. The molecule has 0 radical (unpaired) electrons. The summed E-state index contributed by atoms with van der Waals surface area (Å²) in [4.78, 5) is 41.9. The molecular weight excluding hydrogens is 303 g/mol. The summed E-state index contributed by atoms with van der Waals surface area (Å²) in [7, 11) is -3.63. The van der Waals surface area contributed by atoms with Crippen LogP contribution in [0.5, 0.6) is 0 Å². The molecule has 9 nitrogen and oxygen atoms in total. The van der Waals surface area contributed by atoms with E-state index in [4.69, 9.17) is 15.9 Å². The van der Waals surface area contributed by atoms with Gasteiger partial charge >= 0.3 is 11.9 Å². The van der Waals surface area contributed by atoms with Crippen molar-refractivity contribution in [3.63, 3.8) is 0 Å². The number of carboxylic acids is 2. The number of hydrogen-bond acceptors (Lipinski definition) is 5. The molecule has 0 heterocycles. The maximum atomic E-state index is 11.7. The van der Waals surface area contributed by atoms with Crippen molar-refractivity contribution >= 4 is 25.2 Å². The predicted octanol–water partition coefficient (Wildman–Crippen LogP) is -0.572. The smallest absolute Gasteiger partial charge is 0.320 e. The van der Waals surface area contributed by atoms with Gasteiger partial charge in [0.1, 0.15) is 6.04 Å². The Bertz CT molecular complexity index is 440. The summed E-state index contributed by atoms with van der Waals surface area (Å²) in [5.74, 6) is -2.84. The van der Waals surface area contributed by atoms with Crippen molar-refractivity contribution in [3.8, 4) is 0 Å². The van der Waals surface area contributed by atoms with Crippen LogP contribution in [0.2, 0.25) is 0 Å². The first-order valence-electron chi connectivity index (χ1n) is 6.34. The van der Waals surface area contributed by atoms with Gasteiger partial charge in [0.05, 0.1) is 6.42 Å². The molecule has 0 spiro atoms. The number of carboxylic acid groups (broad SMARTS) is 2. The first-order chi connectivity index (χ1) is 9.53. The first-order valence-corrected chi connectivity index (χ1v) is 8.37. The summed E-state index contributed by atoms with van der Waals surface area (Å²) in [6.07, 6.45) is -1.16. The van der Waals surface area contributed by atoms with E-state index < -0.39 is 43.7 Å². The van der Waals surface area contributed by atoms with Gasteiger partial charge in [0.15, 0.2) is 0 Å². The molecule has 0 aliphatic heterocycles. The van der Waals surface area contributed by atoms with Crippen molar-refractivity contribution in [2.24, 2.45) is 5.73 Å².